The number of hydrogen-bond donors (Lipinski definition) is 3. The second-order valence-electron chi connectivity index (χ2n) is 3.46. The van der Waals surface area contributed by atoms with Crippen molar-refractivity contribution in [2.24, 2.45) is 5.92 Å². The maximum atomic E-state index is 11.1. The predicted molar refractivity (Wildman–Crippen MR) is 52.9 cm³/mol. The largest absolute Gasteiger partial charge is 0.480 e. The van der Waals surface area contributed by atoms with Crippen molar-refractivity contribution in [3.8, 4) is 0 Å². The summed E-state index contributed by atoms with van der Waals surface area (Å²) < 4.78 is 0. The molecule has 14 heavy (non-hydrogen) atoms. The van der Waals surface area contributed by atoms with Crippen LogP contribution in [0.2, 0.25) is 0 Å². The average Bonchev–Trinajstić information content (AvgIpc) is 2.11. The fourth-order valence-electron chi connectivity index (χ4n) is 0.766. The molecule has 3 N–H and O–H groups in total. The lowest BCUT2D eigenvalue weighted by Crippen LogP contribution is -2.40. The summed E-state index contributed by atoms with van der Waals surface area (Å²) in [6, 6.07) is -0.578. The summed E-state index contributed by atoms with van der Waals surface area (Å²) in [4.78, 5) is 21.5. The minimum absolute atomic E-state index is 0.0187. The number of carboxylic acid groups (broad SMARTS) is 1. The van der Waals surface area contributed by atoms with Gasteiger partial charge < -0.3 is 15.7 Å². The number of carboxylic acids is 1. The van der Waals surface area contributed by atoms with E-state index in [1.807, 2.05) is 13.8 Å². The fourth-order valence-corrected chi connectivity index (χ4v) is 0.766. The van der Waals surface area contributed by atoms with Gasteiger partial charge in [0.25, 0.3) is 0 Å². The Bertz CT molecular complexity index is 204. The van der Waals surface area contributed by atoms with Gasteiger partial charge in [-0.2, -0.15) is 0 Å². The summed E-state index contributed by atoms with van der Waals surface area (Å²) in [5.41, 5.74) is 0. The van der Waals surface area contributed by atoms with Gasteiger partial charge in [0, 0.05) is 19.0 Å². The summed E-state index contributed by atoms with van der Waals surface area (Å²) in [5.74, 6) is -0.943. The number of carbonyl (C=O) groups is 2. The van der Waals surface area contributed by atoms with Crippen LogP contribution in [0.1, 0.15) is 20.8 Å². The van der Waals surface area contributed by atoms with Crippen molar-refractivity contribution in [1.29, 1.82) is 0 Å². The van der Waals surface area contributed by atoms with Gasteiger partial charge in [-0.25, -0.2) is 0 Å². The highest BCUT2D eigenvalue weighted by atomic mass is 16.4. The van der Waals surface area contributed by atoms with Crippen LogP contribution in [0, 0.1) is 5.92 Å². The van der Waals surface area contributed by atoms with Gasteiger partial charge >= 0.3 is 5.97 Å². The smallest absolute Gasteiger partial charge is 0.320 e. The summed E-state index contributed by atoms with van der Waals surface area (Å²) in [5, 5.41) is 14.0. The van der Waals surface area contributed by atoms with E-state index in [0.29, 0.717) is 13.1 Å². The highest BCUT2D eigenvalue weighted by molar-refractivity contribution is 5.77. The molecule has 1 atom stereocenters. The second kappa shape index (κ2) is 6.37. The molecular weight excluding hydrogens is 184 g/mol. The van der Waals surface area contributed by atoms with Crippen LogP contribution < -0.4 is 10.6 Å². The molecule has 0 spiro atoms. The van der Waals surface area contributed by atoms with Crippen LogP contribution >= 0.6 is 0 Å². The molecule has 0 saturated heterocycles. The first kappa shape index (κ1) is 12.9. The molecule has 0 radical (unpaired) electrons. The Morgan fingerprint density at radius 1 is 1.21 bits per heavy atom. The van der Waals surface area contributed by atoms with Gasteiger partial charge in [-0.15, -0.1) is 0 Å². The lowest BCUT2D eigenvalue weighted by atomic mass is 10.2. The Morgan fingerprint density at radius 3 is 2.21 bits per heavy atom. The van der Waals surface area contributed by atoms with Crippen LogP contribution in [-0.4, -0.2) is 36.1 Å². The number of aliphatic carboxylic acids is 1. The lowest BCUT2D eigenvalue weighted by Gasteiger charge is -2.10. The van der Waals surface area contributed by atoms with Crippen molar-refractivity contribution in [2.75, 3.05) is 13.1 Å². The summed E-state index contributed by atoms with van der Waals surface area (Å²) in [6.45, 7) is 6.10. The third kappa shape index (κ3) is 5.53. The van der Waals surface area contributed by atoms with Crippen molar-refractivity contribution < 1.29 is 14.7 Å². The molecule has 0 aliphatic rings. The number of hydrogen-bond acceptors (Lipinski definition) is 3. The van der Waals surface area contributed by atoms with E-state index in [0.717, 1.165) is 0 Å². The van der Waals surface area contributed by atoms with Gasteiger partial charge in [-0.3, -0.25) is 9.59 Å². The molecule has 5 heteroatoms. The molecule has 0 saturated carbocycles. The molecular formula is C9H18N2O3. The van der Waals surface area contributed by atoms with Crippen LogP contribution in [0.4, 0.5) is 0 Å². The summed E-state index contributed by atoms with van der Waals surface area (Å²) in [6.07, 6.45) is 0. The second-order valence-corrected chi connectivity index (χ2v) is 3.46. The maximum Gasteiger partial charge on any atom is 0.320 e. The molecule has 0 fully saturated rings. The lowest BCUT2D eigenvalue weighted by molar-refractivity contribution is -0.138. The predicted octanol–water partition coefficient (Wildman–Crippen LogP) is -0.179. The molecule has 0 rings (SSSR count). The van der Waals surface area contributed by atoms with E-state index in [-0.39, 0.29) is 11.8 Å². The van der Waals surface area contributed by atoms with Gasteiger partial charge in [0.05, 0.1) is 0 Å². The van der Waals surface area contributed by atoms with E-state index in [1.165, 1.54) is 0 Å². The molecule has 5 nitrogen and oxygen atoms in total. The quantitative estimate of drug-likeness (QED) is 0.522. The first-order chi connectivity index (χ1) is 6.45. The Morgan fingerprint density at radius 2 is 1.79 bits per heavy atom. The van der Waals surface area contributed by atoms with Crippen LogP contribution in [-0.2, 0) is 9.59 Å². The first-order valence-corrected chi connectivity index (χ1v) is 4.69. The SMILES string of the molecule is CC(C)C(=O)NCCNC(C)C(=O)O. The Kier molecular flexibility index (Phi) is 5.87. The van der Waals surface area contributed by atoms with Gasteiger partial charge in [-0.05, 0) is 6.92 Å². The van der Waals surface area contributed by atoms with E-state index < -0.39 is 12.0 Å². The van der Waals surface area contributed by atoms with Gasteiger partial charge in [0.15, 0.2) is 0 Å². The topological polar surface area (TPSA) is 78.4 Å². The van der Waals surface area contributed by atoms with Crippen LogP contribution in [0.3, 0.4) is 0 Å². The summed E-state index contributed by atoms with van der Waals surface area (Å²) >= 11 is 0. The zero-order valence-corrected chi connectivity index (χ0v) is 8.83. The molecule has 0 aromatic heterocycles. The molecule has 0 aromatic rings. The minimum Gasteiger partial charge on any atom is -0.480 e. The highest BCUT2D eigenvalue weighted by Gasteiger charge is 2.09. The van der Waals surface area contributed by atoms with Crippen LogP contribution in [0.15, 0.2) is 0 Å². The molecule has 0 bridgehead atoms. The fraction of sp³-hybridized carbons (Fsp3) is 0.778. The standard InChI is InChI=1S/C9H18N2O3/c1-6(2)8(12)11-5-4-10-7(3)9(13)14/h6-7,10H,4-5H2,1-3H3,(H,11,12)(H,13,14). The van der Waals surface area contributed by atoms with Crippen molar-refractivity contribution in [3.63, 3.8) is 0 Å². The van der Waals surface area contributed by atoms with E-state index in [9.17, 15) is 9.59 Å². The molecule has 0 aliphatic carbocycles. The maximum absolute atomic E-state index is 11.1. The summed E-state index contributed by atoms with van der Waals surface area (Å²) in [7, 11) is 0. The van der Waals surface area contributed by atoms with Crippen LogP contribution in [0.25, 0.3) is 0 Å². The molecule has 1 amide bonds. The third-order valence-electron chi connectivity index (χ3n) is 1.77. The van der Waals surface area contributed by atoms with E-state index in [4.69, 9.17) is 5.11 Å². The molecule has 82 valence electrons. The van der Waals surface area contributed by atoms with Gasteiger partial charge in [0.2, 0.25) is 5.91 Å². The Labute approximate surface area is 83.9 Å². The zero-order chi connectivity index (χ0) is 11.1. The average molecular weight is 202 g/mol. The zero-order valence-electron chi connectivity index (χ0n) is 8.83. The third-order valence-corrected chi connectivity index (χ3v) is 1.77. The van der Waals surface area contributed by atoms with Crippen molar-refractivity contribution >= 4 is 11.9 Å². The number of carbonyl (C=O) groups excluding carboxylic acids is 1. The normalized spacial score (nSPS) is 12.6. The van der Waals surface area contributed by atoms with Crippen molar-refractivity contribution in [3.05, 3.63) is 0 Å². The van der Waals surface area contributed by atoms with E-state index >= 15 is 0 Å². The molecule has 0 aromatic carbocycles. The van der Waals surface area contributed by atoms with E-state index in [1.54, 1.807) is 6.92 Å². The van der Waals surface area contributed by atoms with Crippen LogP contribution in [0.5, 0.6) is 0 Å². The number of amides is 1. The van der Waals surface area contributed by atoms with Gasteiger partial charge in [-0.1, -0.05) is 13.8 Å². The van der Waals surface area contributed by atoms with Gasteiger partial charge in [0.1, 0.15) is 6.04 Å². The van der Waals surface area contributed by atoms with Crippen molar-refractivity contribution in [2.45, 2.75) is 26.8 Å². The molecule has 1 unspecified atom stereocenters. The van der Waals surface area contributed by atoms with E-state index in [2.05, 4.69) is 10.6 Å². The monoisotopic (exact) mass is 202 g/mol. The highest BCUT2D eigenvalue weighted by Crippen LogP contribution is 1.89. The van der Waals surface area contributed by atoms with Crippen molar-refractivity contribution in [1.82, 2.24) is 10.6 Å². The Balaban J connectivity index is 3.47. The number of nitrogens with one attached hydrogen (secondary N) is 2. The molecule has 0 heterocycles. The minimum atomic E-state index is -0.889. The number of rotatable bonds is 6. The molecule has 0 aliphatic heterocycles. The Hall–Kier alpha value is -1.10. The first-order valence-electron chi connectivity index (χ1n) is 4.69.